The third-order valence-corrected chi connectivity index (χ3v) is 8.66. The molecule has 0 fully saturated rings. The molecule has 1 aromatic rings. The monoisotopic (exact) mass is 280 g/mol. The smallest absolute Gasteiger partial charge is 0.371 e. The first-order chi connectivity index (χ1) is 8.50. The van der Waals surface area contributed by atoms with E-state index in [0.29, 0.717) is 0 Å². The fourth-order valence-electron chi connectivity index (χ4n) is 2.10. The number of hydrogen-bond donors (Lipinski definition) is 0. The fourth-order valence-corrected chi connectivity index (χ4v) is 5.30. The molecular formula is C14H24O2Si2. The van der Waals surface area contributed by atoms with Crippen LogP contribution in [0.2, 0.25) is 19.1 Å². The van der Waals surface area contributed by atoms with Crippen LogP contribution in [0.5, 0.6) is 0 Å². The zero-order valence-electron chi connectivity index (χ0n) is 12.1. The molecule has 0 heterocycles. The molecule has 0 unspecified atom stereocenters. The molecule has 1 rings (SSSR count). The minimum Gasteiger partial charge on any atom is -0.394 e. The number of hydrogen-bond acceptors (Lipinski definition) is 2. The fraction of sp³-hybridized carbons (Fsp3) is 0.429. The van der Waals surface area contributed by atoms with Crippen LogP contribution in [0, 0.1) is 0 Å². The van der Waals surface area contributed by atoms with Crippen LogP contribution in [-0.2, 0) is 8.85 Å². The maximum absolute atomic E-state index is 5.72. The molecule has 18 heavy (non-hydrogen) atoms. The van der Waals surface area contributed by atoms with Crippen molar-refractivity contribution in [3.05, 3.63) is 36.4 Å². The van der Waals surface area contributed by atoms with Crippen LogP contribution in [-0.4, -0.2) is 31.6 Å². The van der Waals surface area contributed by atoms with Crippen LogP contribution in [0.4, 0.5) is 0 Å². The average molecular weight is 281 g/mol. The van der Waals surface area contributed by atoms with E-state index >= 15 is 0 Å². The van der Waals surface area contributed by atoms with E-state index in [-0.39, 0.29) is 0 Å². The Morgan fingerprint density at radius 2 is 1.89 bits per heavy atom. The first-order valence-electron chi connectivity index (χ1n) is 6.40. The zero-order valence-corrected chi connectivity index (χ0v) is 14.3. The summed E-state index contributed by atoms with van der Waals surface area (Å²) in [7, 11) is 0.411. The molecule has 0 saturated carbocycles. The summed E-state index contributed by atoms with van der Waals surface area (Å²) in [5, 5.41) is 2.49. The second-order valence-electron chi connectivity index (χ2n) is 4.78. The van der Waals surface area contributed by atoms with Crippen molar-refractivity contribution in [1.29, 1.82) is 0 Å². The first-order valence-corrected chi connectivity index (χ1v) is 11.3. The molecule has 0 radical (unpaired) electrons. The molecule has 0 bridgehead atoms. The Morgan fingerprint density at radius 1 is 1.28 bits per heavy atom. The summed E-state index contributed by atoms with van der Waals surface area (Å²) in [6, 6.07) is 9.45. The van der Waals surface area contributed by atoms with E-state index in [1.54, 1.807) is 14.2 Å². The Morgan fingerprint density at radius 3 is 2.33 bits per heavy atom. The predicted octanol–water partition coefficient (Wildman–Crippen LogP) is 2.69. The Kier molecular flexibility index (Phi) is 5.53. The van der Waals surface area contributed by atoms with Gasteiger partial charge in [-0.1, -0.05) is 56.1 Å². The highest BCUT2D eigenvalue weighted by Crippen LogP contribution is 2.18. The van der Waals surface area contributed by atoms with Gasteiger partial charge in [-0.05, 0) is 16.8 Å². The van der Waals surface area contributed by atoms with Crippen molar-refractivity contribution in [1.82, 2.24) is 0 Å². The highest BCUT2D eigenvalue weighted by atomic mass is 28.4. The first kappa shape index (κ1) is 15.4. The van der Waals surface area contributed by atoms with Gasteiger partial charge in [0, 0.05) is 14.2 Å². The molecule has 100 valence electrons. The van der Waals surface area contributed by atoms with Crippen molar-refractivity contribution in [2.45, 2.75) is 26.1 Å². The summed E-state index contributed by atoms with van der Waals surface area (Å²) < 4.78 is 11.4. The van der Waals surface area contributed by atoms with Crippen molar-refractivity contribution in [2.24, 2.45) is 0 Å². The standard InChI is InChI=1S/C14H24O2Si2/c1-7-18(15-3,16-4)14-10-8-9-13(11-14)12(2)17(5)6/h8-11,17H,2,7H2,1,3-6H3. The molecule has 0 aliphatic carbocycles. The van der Waals surface area contributed by atoms with E-state index in [1.807, 2.05) is 0 Å². The lowest BCUT2D eigenvalue weighted by molar-refractivity contribution is 0.259. The lowest BCUT2D eigenvalue weighted by atomic mass is 10.2. The second kappa shape index (κ2) is 6.47. The van der Waals surface area contributed by atoms with E-state index in [4.69, 9.17) is 8.85 Å². The SMILES string of the molecule is C=C(c1cccc([Si](CC)(OC)OC)c1)[SiH](C)C. The molecule has 0 aliphatic heterocycles. The lowest BCUT2D eigenvalue weighted by Gasteiger charge is -2.27. The van der Waals surface area contributed by atoms with Crippen molar-refractivity contribution < 1.29 is 8.85 Å². The van der Waals surface area contributed by atoms with Crippen molar-refractivity contribution in [3.8, 4) is 0 Å². The number of rotatable bonds is 6. The molecule has 0 N–H and O–H groups in total. The minimum atomic E-state index is -2.23. The Balaban J connectivity index is 3.19. The van der Waals surface area contributed by atoms with Crippen LogP contribution in [0.15, 0.2) is 30.8 Å². The minimum absolute atomic E-state index is 0.853. The predicted molar refractivity (Wildman–Crippen MR) is 84.2 cm³/mol. The van der Waals surface area contributed by atoms with Crippen LogP contribution in [0.25, 0.3) is 5.20 Å². The van der Waals surface area contributed by atoms with Crippen molar-refractivity contribution in [2.75, 3.05) is 14.2 Å². The van der Waals surface area contributed by atoms with Gasteiger partial charge in [0.05, 0.1) is 8.80 Å². The van der Waals surface area contributed by atoms with Crippen LogP contribution >= 0.6 is 0 Å². The molecule has 2 nitrogen and oxygen atoms in total. The Labute approximate surface area is 113 Å². The molecule has 1 aromatic carbocycles. The summed E-state index contributed by atoms with van der Waals surface area (Å²) in [5.41, 5.74) is 1.24. The van der Waals surface area contributed by atoms with Gasteiger partial charge in [0.2, 0.25) is 0 Å². The molecule has 0 saturated heterocycles. The van der Waals surface area contributed by atoms with Crippen LogP contribution in [0.3, 0.4) is 0 Å². The topological polar surface area (TPSA) is 18.5 Å². The third kappa shape index (κ3) is 3.00. The van der Waals surface area contributed by atoms with E-state index in [1.165, 1.54) is 15.9 Å². The molecule has 0 aliphatic rings. The van der Waals surface area contributed by atoms with Gasteiger partial charge < -0.3 is 8.85 Å². The summed E-state index contributed by atoms with van der Waals surface area (Å²) in [5.74, 6) is 0. The van der Waals surface area contributed by atoms with Gasteiger partial charge in [0.1, 0.15) is 0 Å². The molecular weight excluding hydrogens is 256 g/mol. The Bertz CT molecular complexity index is 404. The molecule has 0 aromatic heterocycles. The van der Waals surface area contributed by atoms with E-state index in [0.717, 1.165) is 6.04 Å². The summed E-state index contributed by atoms with van der Waals surface area (Å²) in [4.78, 5) is 0. The van der Waals surface area contributed by atoms with Crippen molar-refractivity contribution >= 4 is 27.7 Å². The van der Waals surface area contributed by atoms with Crippen LogP contribution in [0.1, 0.15) is 12.5 Å². The largest absolute Gasteiger partial charge is 0.394 e. The van der Waals surface area contributed by atoms with Crippen LogP contribution < -0.4 is 5.19 Å². The third-order valence-electron chi connectivity index (χ3n) is 3.50. The molecule has 4 heteroatoms. The van der Waals surface area contributed by atoms with Gasteiger partial charge in [0.25, 0.3) is 0 Å². The summed E-state index contributed by atoms with van der Waals surface area (Å²) >= 11 is 0. The highest BCUT2D eigenvalue weighted by molar-refractivity contribution is 6.81. The van der Waals surface area contributed by atoms with Gasteiger partial charge in [0.15, 0.2) is 0 Å². The Hall–Kier alpha value is -0.686. The van der Waals surface area contributed by atoms with Gasteiger partial charge in [-0.15, -0.1) is 0 Å². The molecule has 0 spiro atoms. The van der Waals surface area contributed by atoms with Gasteiger partial charge >= 0.3 is 8.56 Å². The van der Waals surface area contributed by atoms with E-state index in [2.05, 4.69) is 50.9 Å². The molecule has 0 amide bonds. The molecule has 0 atom stereocenters. The zero-order chi connectivity index (χ0) is 13.8. The van der Waals surface area contributed by atoms with E-state index < -0.39 is 17.4 Å². The maximum atomic E-state index is 5.72. The summed E-state index contributed by atoms with van der Waals surface area (Å²) in [6.07, 6.45) is 0. The second-order valence-corrected chi connectivity index (χ2v) is 11.4. The van der Waals surface area contributed by atoms with Crippen molar-refractivity contribution in [3.63, 3.8) is 0 Å². The van der Waals surface area contributed by atoms with Gasteiger partial charge in [-0.2, -0.15) is 0 Å². The quantitative estimate of drug-likeness (QED) is 0.746. The van der Waals surface area contributed by atoms with E-state index in [9.17, 15) is 0 Å². The highest BCUT2D eigenvalue weighted by Gasteiger charge is 2.36. The van der Waals surface area contributed by atoms with Gasteiger partial charge in [-0.3, -0.25) is 0 Å². The van der Waals surface area contributed by atoms with Gasteiger partial charge in [-0.25, -0.2) is 0 Å². The normalized spacial score (nSPS) is 11.9. The number of benzene rings is 1. The average Bonchev–Trinajstić information content (AvgIpc) is 2.41. The summed E-state index contributed by atoms with van der Waals surface area (Å²) in [6.45, 7) is 10.9. The lowest BCUT2D eigenvalue weighted by Crippen LogP contribution is -2.51. The maximum Gasteiger partial charge on any atom is 0.371 e.